The molecule has 0 unspecified atom stereocenters. The Labute approximate surface area is 51.5 Å². The topological polar surface area (TPSA) is 20.2 Å². The largest absolute Gasteiger partial charge is 0.393 e. The maximum Gasteiger partial charge on any atom is 0.389 e. The molecule has 0 aromatic rings. The zero-order valence-electron chi connectivity index (χ0n) is 5.07. The van der Waals surface area contributed by atoms with E-state index >= 15 is 0 Å². The van der Waals surface area contributed by atoms with Crippen LogP contribution in [0.5, 0.6) is 0 Å². The van der Waals surface area contributed by atoms with E-state index in [1.165, 1.54) is 6.92 Å². The Hall–Kier alpha value is -0.250. The van der Waals surface area contributed by atoms with Crippen molar-refractivity contribution in [1.29, 1.82) is 0 Å². The fourth-order valence-corrected chi connectivity index (χ4v) is 0.373. The number of hydrogen-bond acceptors (Lipinski definition) is 1. The van der Waals surface area contributed by atoms with Crippen molar-refractivity contribution in [2.75, 3.05) is 0 Å². The Kier molecular flexibility index (Phi) is 2.97. The first-order chi connectivity index (χ1) is 3.92. The van der Waals surface area contributed by atoms with Crippen molar-refractivity contribution < 1.29 is 18.3 Å². The second kappa shape index (κ2) is 3.06. The van der Waals surface area contributed by atoms with Gasteiger partial charge in [-0.1, -0.05) is 0 Å². The van der Waals surface area contributed by atoms with Crippen molar-refractivity contribution in [2.45, 2.75) is 32.0 Å². The molecular formula is C5H9F3O. The summed E-state index contributed by atoms with van der Waals surface area (Å²) in [6.45, 7) is 1.34. The molecule has 56 valence electrons. The van der Waals surface area contributed by atoms with Gasteiger partial charge in [-0.25, -0.2) is 0 Å². The number of aliphatic hydroxyl groups excluding tert-OH is 1. The molecule has 0 fully saturated rings. The van der Waals surface area contributed by atoms with E-state index < -0.39 is 18.7 Å². The molecule has 9 heavy (non-hydrogen) atoms. The maximum absolute atomic E-state index is 11.3. The van der Waals surface area contributed by atoms with Crippen LogP contribution >= 0.6 is 0 Å². The summed E-state index contributed by atoms with van der Waals surface area (Å²) in [4.78, 5) is 0. The van der Waals surface area contributed by atoms with Gasteiger partial charge in [-0.15, -0.1) is 0 Å². The van der Waals surface area contributed by atoms with Crippen molar-refractivity contribution in [1.82, 2.24) is 0 Å². The van der Waals surface area contributed by atoms with Gasteiger partial charge in [-0.3, -0.25) is 0 Å². The summed E-state index contributed by atoms with van der Waals surface area (Å²) in [6, 6.07) is 0. The summed E-state index contributed by atoms with van der Waals surface area (Å²) >= 11 is 0. The zero-order chi connectivity index (χ0) is 7.49. The first kappa shape index (κ1) is 8.75. The fraction of sp³-hybridized carbons (Fsp3) is 1.00. The monoisotopic (exact) mass is 142 g/mol. The Morgan fingerprint density at radius 2 is 1.89 bits per heavy atom. The minimum atomic E-state index is -4.13. The average molecular weight is 142 g/mol. The molecule has 0 aliphatic heterocycles. The summed E-state index contributed by atoms with van der Waals surface area (Å²) in [5, 5.41) is 8.42. The van der Waals surface area contributed by atoms with E-state index in [1.54, 1.807) is 0 Å². The summed E-state index contributed by atoms with van der Waals surface area (Å²) in [5.41, 5.74) is 0. The molecule has 0 aliphatic rings. The quantitative estimate of drug-likeness (QED) is 0.622. The van der Waals surface area contributed by atoms with Crippen LogP contribution in [0.15, 0.2) is 0 Å². The zero-order valence-corrected chi connectivity index (χ0v) is 5.07. The van der Waals surface area contributed by atoms with E-state index in [0.717, 1.165) is 0 Å². The number of alkyl halides is 3. The SMILES string of the molecule is C[C@H](O)CCC(F)(F)F. The van der Waals surface area contributed by atoms with E-state index in [2.05, 4.69) is 0 Å². The first-order valence-electron chi connectivity index (χ1n) is 2.66. The highest BCUT2D eigenvalue weighted by Gasteiger charge is 2.26. The second-order valence-corrected chi connectivity index (χ2v) is 2.00. The van der Waals surface area contributed by atoms with Crippen LogP contribution in [0, 0.1) is 0 Å². The van der Waals surface area contributed by atoms with Crippen molar-refractivity contribution in [2.24, 2.45) is 0 Å². The van der Waals surface area contributed by atoms with Crippen LogP contribution in [-0.2, 0) is 0 Å². The van der Waals surface area contributed by atoms with Crippen LogP contribution < -0.4 is 0 Å². The highest BCUT2D eigenvalue weighted by atomic mass is 19.4. The van der Waals surface area contributed by atoms with Crippen molar-refractivity contribution in [3.05, 3.63) is 0 Å². The van der Waals surface area contributed by atoms with Gasteiger partial charge in [0.05, 0.1) is 6.10 Å². The van der Waals surface area contributed by atoms with Gasteiger partial charge in [-0.2, -0.15) is 13.2 Å². The fourth-order valence-electron chi connectivity index (χ4n) is 0.373. The predicted molar refractivity (Wildman–Crippen MR) is 27.0 cm³/mol. The molecule has 1 N–H and O–H groups in total. The Bertz CT molecular complexity index is 76.8. The maximum atomic E-state index is 11.3. The molecule has 0 rings (SSSR count). The van der Waals surface area contributed by atoms with Crippen molar-refractivity contribution in [3.8, 4) is 0 Å². The van der Waals surface area contributed by atoms with Gasteiger partial charge >= 0.3 is 6.18 Å². The molecule has 0 saturated heterocycles. The molecular weight excluding hydrogens is 133 g/mol. The summed E-state index contributed by atoms with van der Waals surface area (Å²) in [6.07, 6.45) is -6.09. The lowest BCUT2D eigenvalue weighted by Gasteiger charge is -2.06. The molecule has 0 amide bonds. The summed E-state index contributed by atoms with van der Waals surface area (Å²) in [5.74, 6) is 0. The number of halogens is 3. The predicted octanol–water partition coefficient (Wildman–Crippen LogP) is 1.71. The molecule has 0 heterocycles. The Balaban J connectivity index is 3.28. The lowest BCUT2D eigenvalue weighted by molar-refractivity contribution is -0.139. The Morgan fingerprint density at radius 3 is 2.00 bits per heavy atom. The average Bonchev–Trinajstić information content (AvgIpc) is 1.59. The Morgan fingerprint density at radius 1 is 1.44 bits per heavy atom. The molecule has 0 bridgehead atoms. The lowest BCUT2D eigenvalue weighted by atomic mass is 10.2. The number of hydrogen-bond donors (Lipinski definition) is 1. The van der Waals surface area contributed by atoms with Gasteiger partial charge < -0.3 is 5.11 Å². The van der Waals surface area contributed by atoms with Crippen LogP contribution in [0.4, 0.5) is 13.2 Å². The summed E-state index contributed by atoms with van der Waals surface area (Å²) < 4.78 is 33.9. The van der Waals surface area contributed by atoms with Crippen LogP contribution in [0.25, 0.3) is 0 Å². The minimum Gasteiger partial charge on any atom is -0.393 e. The summed E-state index contributed by atoms with van der Waals surface area (Å²) in [7, 11) is 0. The van der Waals surface area contributed by atoms with Gasteiger partial charge in [0.25, 0.3) is 0 Å². The van der Waals surface area contributed by atoms with E-state index in [4.69, 9.17) is 5.11 Å². The third-order valence-electron chi connectivity index (χ3n) is 0.846. The molecule has 1 atom stereocenters. The highest BCUT2D eigenvalue weighted by Crippen LogP contribution is 2.21. The number of aliphatic hydroxyl groups is 1. The third-order valence-corrected chi connectivity index (χ3v) is 0.846. The van der Waals surface area contributed by atoms with Gasteiger partial charge in [0, 0.05) is 6.42 Å². The van der Waals surface area contributed by atoms with Crippen molar-refractivity contribution >= 4 is 0 Å². The van der Waals surface area contributed by atoms with Gasteiger partial charge in [0.15, 0.2) is 0 Å². The molecule has 1 nitrogen and oxygen atoms in total. The molecule has 0 aromatic carbocycles. The second-order valence-electron chi connectivity index (χ2n) is 2.00. The van der Waals surface area contributed by atoms with E-state index in [-0.39, 0.29) is 6.42 Å². The molecule has 0 aliphatic carbocycles. The minimum absolute atomic E-state index is 0.205. The standard InChI is InChI=1S/C5H9F3O/c1-4(9)2-3-5(6,7)8/h4,9H,2-3H2,1H3/t4-/m0/s1. The van der Waals surface area contributed by atoms with Crippen LogP contribution in [-0.4, -0.2) is 17.4 Å². The van der Waals surface area contributed by atoms with Gasteiger partial charge in [0.2, 0.25) is 0 Å². The normalized spacial score (nSPS) is 15.7. The van der Waals surface area contributed by atoms with E-state index in [9.17, 15) is 13.2 Å². The highest BCUT2D eigenvalue weighted by molar-refractivity contribution is 4.53. The molecule has 0 radical (unpaired) electrons. The smallest absolute Gasteiger partial charge is 0.389 e. The van der Waals surface area contributed by atoms with Crippen LogP contribution in [0.2, 0.25) is 0 Å². The van der Waals surface area contributed by atoms with E-state index in [0.29, 0.717) is 0 Å². The van der Waals surface area contributed by atoms with E-state index in [1.807, 2.05) is 0 Å². The lowest BCUT2D eigenvalue weighted by Crippen LogP contribution is -2.11. The van der Waals surface area contributed by atoms with Crippen molar-refractivity contribution in [3.63, 3.8) is 0 Å². The molecule has 4 heteroatoms. The number of rotatable bonds is 2. The van der Waals surface area contributed by atoms with Crippen LogP contribution in [0.3, 0.4) is 0 Å². The molecule has 0 saturated carbocycles. The molecule has 0 spiro atoms. The third kappa shape index (κ3) is 7.75. The first-order valence-corrected chi connectivity index (χ1v) is 2.66. The van der Waals surface area contributed by atoms with Gasteiger partial charge in [0.1, 0.15) is 0 Å². The molecule has 0 aromatic heterocycles. The van der Waals surface area contributed by atoms with Crippen LogP contribution in [0.1, 0.15) is 19.8 Å². The van der Waals surface area contributed by atoms with Gasteiger partial charge in [-0.05, 0) is 13.3 Å².